The van der Waals surface area contributed by atoms with Crippen molar-refractivity contribution in [3.8, 4) is 0 Å². The summed E-state index contributed by atoms with van der Waals surface area (Å²) in [6.07, 6.45) is 2.60. The van der Waals surface area contributed by atoms with E-state index >= 15 is 0 Å². The number of allylic oxidation sites excluding steroid dienone is 1. The quantitative estimate of drug-likeness (QED) is 0.443. The highest BCUT2D eigenvalue weighted by Gasteiger charge is 1.80. The molecule has 0 atom stereocenters. The van der Waals surface area contributed by atoms with Gasteiger partial charge in [0.05, 0.1) is 5.84 Å². The Kier molecular flexibility index (Phi) is 3.76. The van der Waals surface area contributed by atoms with E-state index in [1.54, 1.807) is 6.20 Å². The number of aliphatic imine (C=N–C) groups is 1. The second-order valence-corrected chi connectivity index (χ2v) is 2.18. The number of nitrogens with zero attached hydrogens (tertiary/aromatic N) is 1. The van der Waals surface area contributed by atoms with Crippen molar-refractivity contribution >= 4 is 5.84 Å². The van der Waals surface area contributed by atoms with Crippen molar-refractivity contribution in [1.29, 1.82) is 0 Å². The summed E-state index contributed by atoms with van der Waals surface area (Å²) in [5.74, 6) is 0.691. The van der Waals surface area contributed by atoms with Gasteiger partial charge in [-0.1, -0.05) is 12.5 Å². The zero-order chi connectivity index (χ0) is 7.28. The van der Waals surface area contributed by atoms with Crippen molar-refractivity contribution in [3.05, 3.63) is 11.8 Å². The second kappa shape index (κ2) is 4.13. The number of amidine groups is 1. The summed E-state index contributed by atoms with van der Waals surface area (Å²) in [6.45, 7) is 5.97. The highest BCUT2D eigenvalue weighted by Crippen LogP contribution is 1.89. The average molecular weight is 126 g/mol. The van der Waals surface area contributed by atoms with Gasteiger partial charge in [-0.3, -0.25) is 0 Å². The van der Waals surface area contributed by atoms with Crippen LogP contribution in [0.15, 0.2) is 16.8 Å². The fourth-order valence-electron chi connectivity index (χ4n) is 0.303. The van der Waals surface area contributed by atoms with Crippen LogP contribution in [0.2, 0.25) is 0 Å². The summed E-state index contributed by atoms with van der Waals surface area (Å²) in [5.41, 5.74) is 6.60. The Morgan fingerprint density at radius 2 is 2.11 bits per heavy atom. The van der Waals surface area contributed by atoms with E-state index in [2.05, 4.69) is 4.99 Å². The number of hydrogen-bond acceptors (Lipinski definition) is 1. The third kappa shape index (κ3) is 5.07. The van der Waals surface area contributed by atoms with Crippen molar-refractivity contribution in [3.63, 3.8) is 0 Å². The molecule has 0 radical (unpaired) electrons. The summed E-state index contributed by atoms with van der Waals surface area (Å²) >= 11 is 0. The molecule has 0 aromatic heterocycles. The van der Waals surface area contributed by atoms with E-state index in [1.807, 2.05) is 20.8 Å². The number of hydrogen-bond donors (Lipinski definition) is 1. The Bertz CT molecular complexity index is 130. The maximum atomic E-state index is 5.43. The van der Waals surface area contributed by atoms with Gasteiger partial charge in [0.25, 0.3) is 0 Å². The lowest BCUT2D eigenvalue weighted by molar-refractivity contribution is 1.22. The summed E-state index contributed by atoms with van der Waals surface area (Å²) < 4.78 is 0. The van der Waals surface area contributed by atoms with Crippen LogP contribution in [0.1, 0.15) is 27.2 Å². The van der Waals surface area contributed by atoms with E-state index in [0.717, 1.165) is 6.42 Å². The van der Waals surface area contributed by atoms with Crippen LogP contribution in [0.25, 0.3) is 0 Å². The lowest BCUT2D eigenvalue weighted by Crippen LogP contribution is -2.08. The highest BCUT2D eigenvalue weighted by molar-refractivity contribution is 5.80. The maximum Gasteiger partial charge on any atom is 0.0986 e. The Morgan fingerprint density at radius 1 is 1.56 bits per heavy atom. The number of nitrogens with two attached hydrogens (primary N) is 1. The molecule has 2 heteroatoms. The van der Waals surface area contributed by atoms with E-state index in [1.165, 1.54) is 5.57 Å². The second-order valence-electron chi connectivity index (χ2n) is 2.18. The minimum absolute atomic E-state index is 0.691. The molecule has 0 aliphatic heterocycles. The van der Waals surface area contributed by atoms with E-state index < -0.39 is 0 Å². The fraction of sp³-hybridized carbons (Fsp3) is 0.571. The average Bonchev–Trinajstić information content (AvgIpc) is 1.83. The van der Waals surface area contributed by atoms with Gasteiger partial charge in [-0.15, -0.1) is 0 Å². The molecule has 0 fully saturated rings. The highest BCUT2D eigenvalue weighted by atomic mass is 14.8. The first-order valence-electron chi connectivity index (χ1n) is 3.12. The summed E-state index contributed by atoms with van der Waals surface area (Å²) in [4.78, 5) is 3.97. The van der Waals surface area contributed by atoms with Gasteiger partial charge >= 0.3 is 0 Å². The summed E-state index contributed by atoms with van der Waals surface area (Å²) in [7, 11) is 0. The molecule has 0 aliphatic rings. The van der Waals surface area contributed by atoms with E-state index in [-0.39, 0.29) is 0 Å². The normalized spacial score (nSPS) is 11.2. The van der Waals surface area contributed by atoms with Crippen molar-refractivity contribution in [1.82, 2.24) is 0 Å². The van der Waals surface area contributed by atoms with Crippen molar-refractivity contribution < 1.29 is 0 Å². The molecular weight excluding hydrogens is 112 g/mol. The van der Waals surface area contributed by atoms with Gasteiger partial charge in [0.1, 0.15) is 0 Å². The molecule has 9 heavy (non-hydrogen) atoms. The third-order valence-electron chi connectivity index (χ3n) is 0.851. The fourth-order valence-corrected chi connectivity index (χ4v) is 0.303. The van der Waals surface area contributed by atoms with Crippen molar-refractivity contribution in [2.75, 3.05) is 0 Å². The zero-order valence-corrected chi connectivity index (χ0v) is 6.31. The monoisotopic (exact) mass is 126 g/mol. The van der Waals surface area contributed by atoms with Gasteiger partial charge in [0.15, 0.2) is 0 Å². The van der Waals surface area contributed by atoms with Crippen molar-refractivity contribution in [2.24, 2.45) is 10.7 Å². The first-order valence-corrected chi connectivity index (χ1v) is 3.12. The van der Waals surface area contributed by atoms with Gasteiger partial charge in [-0.25, -0.2) is 4.99 Å². The summed E-state index contributed by atoms with van der Waals surface area (Å²) in [6, 6.07) is 0. The SMILES string of the molecule is CC/C(N)=N\C=C(C)C. The molecule has 0 saturated heterocycles. The van der Waals surface area contributed by atoms with E-state index in [9.17, 15) is 0 Å². The lowest BCUT2D eigenvalue weighted by Gasteiger charge is -1.89. The van der Waals surface area contributed by atoms with Crippen LogP contribution in [-0.2, 0) is 0 Å². The van der Waals surface area contributed by atoms with Gasteiger partial charge in [0.2, 0.25) is 0 Å². The predicted molar refractivity (Wildman–Crippen MR) is 41.3 cm³/mol. The van der Waals surface area contributed by atoms with Crippen LogP contribution < -0.4 is 5.73 Å². The molecule has 2 N–H and O–H groups in total. The van der Waals surface area contributed by atoms with Crippen LogP contribution in [0, 0.1) is 0 Å². The molecule has 2 nitrogen and oxygen atoms in total. The topological polar surface area (TPSA) is 38.4 Å². The molecule has 0 unspecified atom stereocenters. The third-order valence-corrected chi connectivity index (χ3v) is 0.851. The number of rotatable bonds is 2. The van der Waals surface area contributed by atoms with Gasteiger partial charge in [-0.05, 0) is 13.8 Å². The Labute approximate surface area is 56.5 Å². The standard InChI is InChI=1S/C7H14N2/c1-4-7(8)9-5-6(2)3/h5H,4H2,1-3H3,(H2,8,9). The van der Waals surface area contributed by atoms with Crippen LogP contribution in [0.5, 0.6) is 0 Å². The van der Waals surface area contributed by atoms with Gasteiger partial charge < -0.3 is 5.73 Å². The molecule has 0 aromatic rings. The molecule has 0 spiro atoms. The maximum absolute atomic E-state index is 5.43. The predicted octanol–water partition coefficient (Wildman–Crippen LogP) is 1.68. The molecule has 0 rings (SSSR count). The van der Waals surface area contributed by atoms with E-state index in [4.69, 9.17) is 5.73 Å². The lowest BCUT2D eigenvalue weighted by atomic mass is 10.4. The molecule has 0 aromatic carbocycles. The van der Waals surface area contributed by atoms with Gasteiger partial charge in [0, 0.05) is 12.6 Å². The Balaban J connectivity index is 3.83. The smallest absolute Gasteiger partial charge is 0.0986 e. The molecule has 0 heterocycles. The minimum atomic E-state index is 0.691. The minimum Gasteiger partial charge on any atom is -0.387 e. The first-order chi connectivity index (χ1) is 4.16. The van der Waals surface area contributed by atoms with Gasteiger partial charge in [-0.2, -0.15) is 0 Å². The van der Waals surface area contributed by atoms with Crippen LogP contribution in [-0.4, -0.2) is 5.84 Å². The van der Waals surface area contributed by atoms with E-state index in [0.29, 0.717) is 5.84 Å². The van der Waals surface area contributed by atoms with Crippen LogP contribution in [0.4, 0.5) is 0 Å². The molecular formula is C7H14N2. The van der Waals surface area contributed by atoms with Crippen molar-refractivity contribution in [2.45, 2.75) is 27.2 Å². The van der Waals surface area contributed by atoms with Crippen LogP contribution >= 0.6 is 0 Å². The van der Waals surface area contributed by atoms with Crippen LogP contribution in [0.3, 0.4) is 0 Å². The first kappa shape index (κ1) is 8.21. The Hall–Kier alpha value is -0.790. The Morgan fingerprint density at radius 3 is 2.44 bits per heavy atom. The summed E-state index contributed by atoms with van der Waals surface area (Å²) in [5, 5.41) is 0. The molecule has 0 saturated carbocycles. The molecule has 0 aliphatic carbocycles. The molecule has 0 bridgehead atoms. The largest absolute Gasteiger partial charge is 0.387 e. The molecule has 52 valence electrons. The molecule has 0 amide bonds. The zero-order valence-electron chi connectivity index (χ0n) is 6.31.